The first-order valence-corrected chi connectivity index (χ1v) is 8.82. The number of para-hydroxylation sites is 1. The lowest BCUT2D eigenvalue weighted by molar-refractivity contribution is 0.145. The average molecular weight is 330 g/mol. The van der Waals surface area contributed by atoms with Gasteiger partial charge in [-0.1, -0.05) is 18.2 Å². The fourth-order valence-corrected chi connectivity index (χ4v) is 5.07. The maximum absolute atomic E-state index is 10.7. The summed E-state index contributed by atoms with van der Waals surface area (Å²) in [6, 6.07) is 10.4. The SMILES string of the molecule is Cn1cc(CN2CC[C@]3(C2)SN(c2ccccc2)C[C@@H]3O)cn1. The molecule has 1 spiro atoms. The molecular formula is C17H22N4OS. The highest BCUT2D eigenvalue weighted by atomic mass is 32.2. The molecule has 1 aromatic heterocycles. The van der Waals surface area contributed by atoms with E-state index in [9.17, 15) is 5.11 Å². The van der Waals surface area contributed by atoms with Crippen molar-refractivity contribution in [3.05, 3.63) is 48.3 Å². The number of aliphatic hydroxyl groups is 1. The van der Waals surface area contributed by atoms with Crippen LogP contribution in [0.4, 0.5) is 5.69 Å². The van der Waals surface area contributed by atoms with Crippen LogP contribution in [0.3, 0.4) is 0 Å². The van der Waals surface area contributed by atoms with E-state index in [1.807, 2.05) is 35.9 Å². The Morgan fingerprint density at radius 1 is 1.35 bits per heavy atom. The van der Waals surface area contributed by atoms with E-state index in [4.69, 9.17) is 0 Å². The number of hydrogen-bond acceptors (Lipinski definition) is 5. The third kappa shape index (κ3) is 2.86. The van der Waals surface area contributed by atoms with Gasteiger partial charge in [0.15, 0.2) is 0 Å². The molecule has 3 heterocycles. The maximum atomic E-state index is 10.7. The molecule has 2 fully saturated rings. The molecule has 23 heavy (non-hydrogen) atoms. The molecule has 2 saturated heterocycles. The van der Waals surface area contributed by atoms with Crippen molar-refractivity contribution in [2.75, 3.05) is 23.9 Å². The molecule has 6 heteroatoms. The van der Waals surface area contributed by atoms with E-state index in [-0.39, 0.29) is 10.9 Å². The number of nitrogens with zero attached hydrogens (tertiary/aromatic N) is 4. The summed E-state index contributed by atoms with van der Waals surface area (Å²) in [5, 5.41) is 14.9. The molecule has 5 nitrogen and oxygen atoms in total. The molecule has 0 bridgehead atoms. The van der Waals surface area contributed by atoms with Crippen LogP contribution in [0.2, 0.25) is 0 Å². The topological polar surface area (TPSA) is 44.5 Å². The number of aliphatic hydroxyl groups excluding tert-OH is 1. The van der Waals surface area contributed by atoms with Crippen molar-refractivity contribution < 1.29 is 5.11 Å². The summed E-state index contributed by atoms with van der Waals surface area (Å²) in [7, 11) is 1.95. The molecule has 2 atom stereocenters. The number of likely N-dealkylation sites (tertiary alicyclic amines) is 1. The van der Waals surface area contributed by atoms with Gasteiger partial charge in [-0.15, -0.1) is 0 Å². The molecule has 1 aromatic carbocycles. The molecule has 1 N–H and O–H groups in total. The Kier molecular flexibility index (Phi) is 3.83. The van der Waals surface area contributed by atoms with Crippen LogP contribution >= 0.6 is 11.9 Å². The Hall–Kier alpha value is -1.50. The Labute approximate surface area is 141 Å². The van der Waals surface area contributed by atoms with Crippen molar-refractivity contribution >= 4 is 17.6 Å². The Morgan fingerprint density at radius 2 is 2.17 bits per heavy atom. The number of hydrogen-bond donors (Lipinski definition) is 1. The van der Waals surface area contributed by atoms with E-state index in [0.29, 0.717) is 6.54 Å². The van der Waals surface area contributed by atoms with Gasteiger partial charge in [-0.25, -0.2) is 0 Å². The molecule has 2 aromatic rings. The van der Waals surface area contributed by atoms with Crippen molar-refractivity contribution in [3.8, 4) is 0 Å². The number of anilines is 1. The van der Waals surface area contributed by atoms with Gasteiger partial charge < -0.3 is 9.41 Å². The maximum Gasteiger partial charge on any atom is 0.0902 e. The van der Waals surface area contributed by atoms with Gasteiger partial charge in [0.25, 0.3) is 0 Å². The quantitative estimate of drug-likeness (QED) is 0.871. The number of benzene rings is 1. The molecular weight excluding hydrogens is 308 g/mol. The summed E-state index contributed by atoms with van der Waals surface area (Å²) < 4.78 is 4.02. The zero-order valence-corrected chi connectivity index (χ0v) is 14.1. The lowest BCUT2D eigenvalue weighted by Gasteiger charge is -2.26. The summed E-state index contributed by atoms with van der Waals surface area (Å²) in [5.41, 5.74) is 2.42. The second kappa shape index (κ2) is 5.85. The van der Waals surface area contributed by atoms with Crippen LogP contribution in [0.1, 0.15) is 12.0 Å². The van der Waals surface area contributed by atoms with E-state index in [1.165, 1.54) is 11.3 Å². The van der Waals surface area contributed by atoms with Crippen LogP contribution in [-0.4, -0.2) is 50.3 Å². The largest absolute Gasteiger partial charge is 0.390 e. The minimum atomic E-state index is -0.286. The molecule has 0 saturated carbocycles. The number of aryl methyl sites for hydroxylation is 1. The summed E-state index contributed by atoms with van der Waals surface area (Å²) in [6.07, 6.45) is 4.74. The van der Waals surface area contributed by atoms with Crippen molar-refractivity contribution in [2.24, 2.45) is 7.05 Å². The van der Waals surface area contributed by atoms with Crippen molar-refractivity contribution in [2.45, 2.75) is 23.8 Å². The van der Waals surface area contributed by atoms with E-state index in [2.05, 4.69) is 44.8 Å². The Morgan fingerprint density at radius 3 is 2.91 bits per heavy atom. The summed E-state index contributed by atoms with van der Waals surface area (Å²) in [5.74, 6) is 0. The highest BCUT2D eigenvalue weighted by Gasteiger charge is 2.51. The van der Waals surface area contributed by atoms with Crippen LogP contribution in [0, 0.1) is 0 Å². The molecule has 0 amide bonds. The van der Waals surface area contributed by atoms with Crippen LogP contribution < -0.4 is 4.31 Å². The lowest BCUT2D eigenvalue weighted by Crippen LogP contribution is -2.39. The van der Waals surface area contributed by atoms with Crippen LogP contribution in [0.5, 0.6) is 0 Å². The van der Waals surface area contributed by atoms with Gasteiger partial charge in [0.05, 0.1) is 23.6 Å². The third-order valence-corrected chi connectivity index (χ3v) is 6.34. The van der Waals surface area contributed by atoms with Gasteiger partial charge in [-0.3, -0.25) is 9.58 Å². The van der Waals surface area contributed by atoms with Crippen molar-refractivity contribution in [1.82, 2.24) is 14.7 Å². The molecule has 4 rings (SSSR count). The van der Waals surface area contributed by atoms with Crippen LogP contribution in [0.25, 0.3) is 0 Å². The minimum Gasteiger partial charge on any atom is -0.390 e. The molecule has 0 aliphatic carbocycles. The first kappa shape index (κ1) is 15.1. The van der Waals surface area contributed by atoms with Gasteiger partial charge in [0.2, 0.25) is 0 Å². The molecule has 0 unspecified atom stereocenters. The van der Waals surface area contributed by atoms with E-state index in [0.717, 1.165) is 26.1 Å². The van der Waals surface area contributed by atoms with E-state index < -0.39 is 0 Å². The normalized spacial score (nSPS) is 28.1. The van der Waals surface area contributed by atoms with Gasteiger partial charge in [0, 0.05) is 44.1 Å². The second-order valence-electron chi connectivity index (χ2n) is 6.55. The van der Waals surface area contributed by atoms with Gasteiger partial charge in [0.1, 0.15) is 0 Å². The molecule has 2 aliphatic heterocycles. The van der Waals surface area contributed by atoms with Crippen LogP contribution in [-0.2, 0) is 13.6 Å². The second-order valence-corrected chi connectivity index (χ2v) is 7.99. The highest BCUT2D eigenvalue weighted by molar-refractivity contribution is 8.02. The lowest BCUT2D eigenvalue weighted by atomic mass is 10.0. The summed E-state index contributed by atoms with van der Waals surface area (Å²) in [6.45, 7) is 3.57. The first-order valence-electron chi connectivity index (χ1n) is 8.04. The van der Waals surface area contributed by atoms with Crippen molar-refractivity contribution in [1.29, 1.82) is 0 Å². The third-order valence-electron chi connectivity index (χ3n) is 4.79. The van der Waals surface area contributed by atoms with E-state index in [1.54, 1.807) is 0 Å². The summed E-state index contributed by atoms with van der Waals surface area (Å²) in [4.78, 5) is 2.43. The number of β-amino-alcohol motifs (C(OH)–C–C–N with tert-alkyl or cyclic N) is 1. The molecule has 0 radical (unpaired) electrons. The van der Waals surface area contributed by atoms with Crippen molar-refractivity contribution in [3.63, 3.8) is 0 Å². The fraction of sp³-hybridized carbons (Fsp3) is 0.471. The van der Waals surface area contributed by atoms with E-state index >= 15 is 0 Å². The van der Waals surface area contributed by atoms with Crippen LogP contribution in [0.15, 0.2) is 42.7 Å². The standard InChI is InChI=1S/C17H22N4OS/c1-19-10-14(9-18-19)11-20-8-7-17(13-20)16(22)12-21(23-17)15-5-3-2-4-6-15/h2-6,9-10,16,22H,7-8,11-13H2,1H3/t16-,17+/m0/s1. The van der Waals surface area contributed by atoms with Gasteiger partial charge in [-0.2, -0.15) is 5.10 Å². The minimum absolute atomic E-state index is 0.0714. The summed E-state index contributed by atoms with van der Waals surface area (Å²) >= 11 is 1.82. The molecule has 122 valence electrons. The average Bonchev–Trinajstić information content (AvgIpc) is 3.23. The first-order chi connectivity index (χ1) is 11.1. The molecule has 2 aliphatic rings. The van der Waals surface area contributed by atoms with Gasteiger partial charge >= 0.3 is 0 Å². The Balaban J connectivity index is 1.45. The number of rotatable bonds is 3. The predicted octanol–water partition coefficient (Wildman–Crippen LogP) is 1.89. The zero-order chi connectivity index (χ0) is 15.9. The van der Waals surface area contributed by atoms with Gasteiger partial charge in [-0.05, 0) is 30.5 Å². The predicted molar refractivity (Wildman–Crippen MR) is 93.2 cm³/mol. The fourth-order valence-electron chi connectivity index (χ4n) is 3.57. The zero-order valence-electron chi connectivity index (χ0n) is 13.3. The highest BCUT2D eigenvalue weighted by Crippen LogP contribution is 2.47. The Bertz CT molecular complexity index is 676. The monoisotopic (exact) mass is 330 g/mol. The smallest absolute Gasteiger partial charge is 0.0902 e. The number of aromatic nitrogens is 2.